The Hall–Kier alpha value is -3.29. The van der Waals surface area contributed by atoms with E-state index in [1.165, 1.54) is 6.92 Å². The van der Waals surface area contributed by atoms with Crippen molar-refractivity contribution in [2.75, 3.05) is 19.6 Å². The van der Waals surface area contributed by atoms with Crippen LogP contribution in [-0.2, 0) is 22.6 Å². The summed E-state index contributed by atoms with van der Waals surface area (Å²) in [5, 5.41) is 8.61. The number of fused-ring (bicyclic) bond motifs is 1. The van der Waals surface area contributed by atoms with Crippen LogP contribution in [0.3, 0.4) is 0 Å². The zero-order valence-electron chi connectivity index (χ0n) is 16.4. The Kier molecular flexibility index (Phi) is 5.50. The SMILES string of the molecule is CC(=O)NCCn1nc(C2CCN(C(=O)Cc3ccccn3)C2)c2cccnc21. The van der Waals surface area contributed by atoms with Crippen molar-refractivity contribution in [3.63, 3.8) is 0 Å². The zero-order valence-corrected chi connectivity index (χ0v) is 16.4. The van der Waals surface area contributed by atoms with Gasteiger partial charge >= 0.3 is 0 Å². The van der Waals surface area contributed by atoms with E-state index in [9.17, 15) is 9.59 Å². The second-order valence-electron chi connectivity index (χ2n) is 7.29. The van der Waals surface area contributed by atoms with Gasteiger partial charge in [-0.2, -0.15) is 5.10 Å². The minimum absolute atomic E-state index is 0.0625. The van der Waals surface area contributed by atoms with Crippen LogP contribution in [0.4, 0.5) is 0 Å². The van der Waals surface area contributed by atoms with Crippen LogP contribution in [0.15, 0.2) is 42.7 Å². The monoisotopic (exact) mass is 392 g/mol. The van der Waals surface area contributed by atoms with Crippen LogP contribution in [0.5, 0.6) is 0 Å². The van der Waals surface area contributed by atoms with Gasteiger partial charge in [0.05, 0.1) is 18.7 Å². The number of nitrogens with zero attached hydrogens (tertiary/aromatic N) is 5. The smallest absolute Gasteiger partial charge is 0.228 e. The highest BCUT2D eigenvalue weighted by Gasteiger charge is 2.30. The van der Waals surface area contributed by atoms with E-state index in [0.29, 0.717) is 26.1 Å². The molecule has 29 heavy (non-hydrogen) atoms. The highest BCUT2D eigenvalue weighted by atomic mass is 16.2. The van der Waals surface area contributed by atoms with Gasteiger partial charge in [-0.05, 0) is 30.7 Å². The number of hydrogen-bond acceptors (Lipinski definition) is 5. The second kappa shape index (κ2) is 8.38. The van der Waals surface area contributed by atoms with Crippen molar-refractivity contribution < 1.29 is 9.59 Å². The summed E-state index contributed by atoms with van der Waals surface area (Å²) in [6.45, 7) is 3.93. The highest BCUT2D eigenvalue weighted by molar-refractivity contribution is 5.81. The number of hydrogen-bond donors (Lipinski definition) is 1. The first kappa shape index (κ1) is 19.0. The van der Waals surface area contributed by atoms with Gasteiger partial charge in [-0.3, -0.25) is 14.6 Å². The predicted molar refractivity (Wildman–Crippen MR) is 108 cm³/mol. The maximum absolute atomic E-state index is 12.7. The summed E-state index contributed by atoms with van der Waals surface area (Å²) in [6, 6.07) is 9.56. The Morgan fingerprint density at radius 1 is 1.17 bits per heavy atom. The van der Waals surface area contributed by atoms with Crippen molar-refractivity contribution in [2.45, 2.75) is 32.2 Å². The van der Waals surface area contributed by atoms with Crippen LogP contribution < -0.4 is 5.32 Å². The minimum Gasteiger partial charge on any atom is -0.354 e. The fourth-order valence-electron chi connectivity index (χ4n) is 3.81. The summed E-state index contributed by atoms with van der Waals surface area (Å²) in [5.41, 5.74) is 2.58. The van der Waals surface area contributed by atoms with Crippen molar-refractivity contribution >= 4 is 22.8 Å². The van der Waals surface area contributed by atoms with E-state index in [4.69, 9.17) is 5.10 Å². The normalized spacial score (nSPS) is 16.3. The van der Waals surface area contributed by atoms with E-state index in [-0.39, 0.29) is 17.7 Å². The predicted octanol–water partition coefficient (Wildman–Crippen LogP) is 1.52. The number of nitrogens with one attached hydrogen (secondary N) is 1. The summed E-state index contributed by atoms with van der Waals surface area (Å²) < 4.78 is 1.85. The lowest BCUT2D eigenvalue weighted by molar-refractivity contribution is -0.129. The van der Waals surface area contributed by atoms with E-state index in [0.717, 1.165) is 35.4 Å². The third kappa shape index (κ3) is 4.26. The van der Waals surface area contributed by atoms with Gasteiger partial charge in [0, 0.05) is 55.9 Å². The molecule has 1 saturated heterocycles. The van der Waals surface area contributed by atoms with Crippen molar-refractivity contribution in [3.05, 3.63) is 54.1 Å². The minimum atomic E-state index is -0.0625. The largest absolute Gasteiger partial charge is 0.354 e. The molecule has 3 aromatic heterocycles. The standard InChI is InChI=1S/C21H24N6O2/c1-15(28)22-10-12-27-21-18(6-4-9-24-21)20(25-27)16-7-11-26(14-16)19(29)13-17-5-2-3-8-23-17/h2-6,8-9,16H,7,10-14H2,1H3,(H,22,28). The molecule has 150 valence electrons. The third-order valence-corrected chi connectivity index (χ3v) is 5.22. The molecule has 0 bridgehead atoms. The maximum Gasteiger partial charge on any atom is 0.228 e. The Morgan fingerprint density at radius 2 is 2.03 bits per heavy atom. The lowest BCUT2D eigenvalue weighted by Gasteiger charge is -2.16. The summed E-state index contributed by atoms with van der Waals surface area (Å²) in [7, 11) is 0. The Balaban J connectivity index is 1.48. The van der Waals surface area contributed by atoms with Crippen LogP contribution >= 0.6 is 0 Å². The lowest BCUT2D eigenvalue weighted by Crippen LogP contribution is -2.30. The molecule has 3 aromatic rings. The van der Waals surface area contributed by atoms with Crippen LogP contribution in [0.25, 0.3) is 11.0 Å². The van der Waals surface area contributed by atoms with E-state index in [1.54, 1.807) is 12.4 Å². The average molecular weight is 392 g/mol. The fourth-order valence-corrected chi connectivity index (χ4v) is 3.81. The van der Waals surface area contributed by atoms with Crippen molar-refractivity contribution in [2.24, 2.45) is 0 Å². The Bertz CT molecular complexity index is 1020. The first-order chi connectivity index (χ1) is 14.1. The van der Waals surface area contributed by atoms with Gasteiger partial charge in [-0.15, -0.1) is 0 Å². The first-order valence-electron chi connectivity index (χ1n) is 9.85. The van der Waals surface area contributed by atoms with Gasteiger partial charge < -0.3 is 10.2 Å². The van der Waals surface area contributed by atoms with E-state index >= 15 is 0 Å². The van der Waals surface area contributed by atoms with Gasteiger partial charge in [-0.25, -0.2) is 9.67 Å². The molecule has 1 N–H and O–H groups in total. The van der Waals surface area contributed by atoms with Gasteiger partial charge in [0.15, 0.2) is 5.65 Å². The van der Waals surface area contributed by atoms with Crippen LogP contribution in [0.2, 0.25) is 0 Å². The van der Waals surface area contributed by atoms with Crippen LogP contribution in [-0.4, -0.2) is 56.1 Å². The molecule has 0 saturated carbocycles. The topological polar surface area (TPSA) is 93.0 Å². The summed E-state index contributed by atoms with van der Waals surface area (Å²) in [5.74, 6) is 0.211. The zero-order chi connectivity index (χ0) is 20.2. The molecular formula is C21H24N6O2. The van der Waals surface area contributed by atoms with Crippen molar-refractivity contribution in [1.82, 2.24) is 30.0 Å². The number of amides is 2. The molecule has 8 heteroatoms. The number of carbonyl (C=O) groups is 2. The second-order valence-corrected chi connectivity index (χ2v) is 7.29. The summed E-state index contributed by atoms with van der Waals surface area (Å²) in [4.78, 5) is 34.4. The molecule has 0 spiro atoms. The molecule has 4 rings (SSSR count). The average Bonchev–Trinajstić information content (AvgIpc) is 3.34. The van der Waals surface area contributed by atoms with Gasteiger partial charge in [0.2, 0.25) is 11.8 Å². The molecule has 8 nitrogen and oxygen atoms in total. The first-order valence-corrected chi connectivity index (χ1v) is 9.85. The molecule has 2 amide bonds. The van der Waals surface area contributed by atoms with Crippen molar-refractivity contribution in [1.29, 1.82) is 0 Å². The molecule has 1 fully saturated rings. The molecular weight excluding hydrogens is 368 g/mol. The number of carbonyl (C=O) groups excluding carboxylic acids is 2. The van der Waals surface area contributed by atoms with E-state index < -0.39 is 0 Å². The summed E-state index contributed by atoms with van der Waals surface area (Å²) in [6.07, 6.45) is 4.66. The fraction of sp³-hybridized carbons (Fsp3) is 0.381. The van der Waals surface area contributed by atoms with Gasteiger partial charge in [0.25, 0.3) is 0 Å². The number of likely N-dealkylation sites (tertiary alicyclic amines) is 1. The number of aromatic nitrogens is 4. The quantitative estimate of drug-likeness (QED) is 0.687. The van der Waals surface area contributed by atoms with E-state index in [1.807, 2.05) is 39.9 Å². The molecule has 0 radical (unpaired) electrons. The Labute approximate surface area is 168 Å². The van der Waals surface area contributed by atoms with Gasteiger partial charge in [-0.1, -0.05) is 6.07 Å². The van der Waals surface area contributed by atoms with Crippen LogP contribution in [0, 0.1) is 0 Å². The lowest BCUT2D eigenvalue weighted by atomic mass is 10.0. The highest BCUT2D eigenvalue weighted by Crippen LogP contribution is 2.31. The molecule has 1 aliphatic heterocycles. The number of pyridine rings is 2. The molecule has 1 atom stereocenters. The number of rotatable bonds is 6. The molecule has 1 aliphatic rings. The van der Waals surface area contributed by atoms with E-state index in [2.05, 4.69) is 15.3 Å². The third-order valence-electron chi connectivity index (χ3n) is 5.22. The Morgan fingerprint density at radius 3 is 2.83 bits per heavy atom. The summed E-state index contributed by atoms with van der Waals surface area (Å²) >= 11 is 0. The molecule has 0 aromatic carbocycles. The molecule has 1 unspecified atom stereocenters. The van der Waals surface area contributed by atoms with Crippen molar-refractivity contribution in [3.8, 4) is 0 Å². The maximum atomic E-state index is 12.7. The molecule has 4 heterocycles. The van der Waals surface area contributed by atoms with Gasteiger partial charge in [0.1, 0.15) is 0 Å². The van der Waals surface area contributed by atoms with Crippen LogP contribution in [0.1, 0.15) is 30.7 Å². The molecule has 0 aliphatic carbocycles.